The first kappa shape index (κ1) is 14.5. The SMILES string of the molecule is CC(C)C(C)NC(=O)COc1ccccc1CN. The van der Waals surface area contributed by atoms with Crippen LogP contribution >= 0.6 is 0 Å². The summed E-state index contributed by atoms with van der Waals surface area (Å²) in [5.41, 5.74) is 6.50. The van der Waals surface area contributed by atoms with Crippen LogP contribution < -0.4 is 15.8 Å². The summed E-state index contributed by atoms with van der Waals surface area (Å²) in [4.78, 5) is 11.7. The van der Waals surface area contributed by atoms with Crippen molar-refractivity contribution < 1.29 is 9.53 Å². The standard InChI is InChI=1S/C14H22N2O2/c1-10(2)11(3)16-14(17)9-18-13-7-5-4-6-12(13)8-15/h4-7,10-11H,8-9,15H2,1-3H3,(H,16,17). The van der Waals surface area contributed by atoms with Crippen LogP contribution in [0.2, 0.25) is 0 Å². The predicted octanol–water partition coefficient (Wildman–Crippen LogP) is 1.68. The summed E-state index contributed by atoms with van der Waals surface area (Å²) < 4.78 is 5.48. The molecule has 1 rings (SSSR count). The molecule has 1 amide bonds. The fraction of sp³-hybridized carbons (Fsp3) is 0.500. The van der Waals surface area contributed by atoms with Crippen LogP contribution in [0.25, 0.3) is 0 Å². The van der Waals surface area contributed by atoms with Crippen LogP contribution in [0.3, 0.4) is 0 Å². The Morgan fingerprint density at radius 1 is 1.33 bits per heavy atom. The van der Waals surface area contributed by atoms with Crippen molar-refractivity contribution in [1.29, 1.82) is 0 Å². The van der Waals surface area contributed by atoms with Gasteiger partial charge in [0.2, 0.25) is 0 Å². The van der Waals surface area contributed by atoms with Gasteiger partial charge in [0.1, 0.15) is 5.75 Å². The van der Waals surface area contributed by atoms with Crippen molar-refractivity contribution in [3.8, 4) is 5.75 Å². The van der Waals surface area contributed by atoms with Crippen molar-refractivity contribution in [1.82, 2.24) is 5.32 Å². The topological polar surface area (TPSA) is 64.3 Å². The summed E-state index contributed by atoms with van der Waals surface area (Å²) in [7, 11) is 0. The number of nitrogens with one attached hydrogen (secondary N) is 1. The van der Waals surface area contributed by atoms with E-state index in [4.69, 9.17) is 10.5 Å². The molecule has 0 fully saturated rings. The zero-order valence-corrected chi connectivity index (χ0v) is 11.3. The number of rotatable bonds is 6. The van der Waals surface area contributed by atoms with Crippen LogP contribution in [-0.4, -0.2) is 18.6 Å². The molecular weight excluding hydrogens is 228 g/mol. The highest BCUT2D eigenvalue weighted by atomic mass is 16.5. The minimum Gasteiger partial charge on any atom is -0.483 e. The van der Waals surface area contributed by atoms with E-state index in [1.54, 1.807) is 0 Å². The highest BCUT2D eigenvalue weighted by Crippen LogP contribution is 2.16. The van der Waals surface area contributed by atoms with Gasteiger partial charge < -0.3 is 15.8 Å². The van der Waals surface area contributed by atoms with Gasteiger partial charge in [-0.15, -0.1) is 0 Å². The molecule has 1 aromatic carbocycles. The molecule has 1 unspecified atom stereocenters. The number of para-hydroxylation sites is 1. The fourth-order valence-corrected chi connectivity index (χ4v) is 1.42. The van der Waals surface area contributed by atoms with Crippen LogP contribution in [0.1, 0.15) is 26.3 Å². The molecule has 100 valence electrons. The Hall–Kier alpha value is -1.55. The lowest BCUT2D eigenvalue weighted by Gasteiger charge is -2.18. The molecule has 0 bridgehead atoms. The second-order valence-corrected chi connectivity index (χ2v) is 4.70. The van der Waals surface area contributed by atoms with Gasteiger partial charge in [-0.1, -0.05) is 32.0 Å². The molecule has 0 aliphatic carbocycles. The number of ether oxygens (including phenoxy) is 1. The first-order valence-corrected chi connectivity index (χ1v) is 6.24. The van der Waals surface area contributed by atoms with E-state index >= 15 is 0 Å². The molecule has 0 saturated carbocycles. The molecule has 0 heterocycles. The Labute approximate surface area is 109 Å². The summed E-state index contributed by atoms with van der Waals surface area (Å²) >= 11 is 0. The van der Waals surface area contributed by atoms with Crippen LogP contribution in [0, 0.1) is 5.92 Å². The minimum atomic E-state index is -0.108. The molecule has 0 aliphatic heterocycles. The highest BCUT2D eigenvalue weighted by molar-refractivity contribution is 5.77. The quantitative estimate of drug-likeness (QED) is 0.807. The zero-order chi connectivity index (χ0) is 13.5. The van der Waals surface area contributed by atoms with Crippen LogP contribution in [0.5, 0.6) is 5.75 Å². The first-order valence-electron chi connectivity index (χ1n) is 6.24. The van der Waals surface area contributed by atoms with E-state index in [9.17, 15) is 4.79 Å². The van der Waals surface area contributed by atoms with Crippen LogP contribution in [0.4, 0.5) is 0 Å². The van der Waals surface area contributed by atoms with E-state index in [0.717, 1.165) is 5.56 Å². The average molecular weight is 250 g/mol. The third-order valence-electron chi connectivity index (χ3n) is 2.94. The maximum absolute atomic E-state index is 11.7. The second kappa shape index (κ2) is 7.01. The first-order chi connectivity index (χ1) is 8.54. The number of benzene rings is 1. The summed E-state index contributed by atoms with van der Waals surface area (Å²) in [6.45, 7) is 6.54. The lowest BCUT2D eigenvalue weighted by atomic mass is 10.1. The summed E-state index contributed by atoms with van der Waals surface area (Å²) in [5.74, 6) is 0.973. The van der Waals surface area contributed by atoms with Crippen molar-refractivity contribution >= 4 is 5.91 Å². The van der Waals surface area contributed by atoms with Crippen molar-refractivity contribution in [3.63, 3.8) is 0 Å². The van der Waals surface area contributed by atoms with Gasteiger partial charge in [-0.3, -0.25) is 4.79 Å². The predicted molar refractivity (Wildman–Crippen MR) is 72.3 cm³/mol. The number of carbonyl (C=O) groups is 1. The Morgan fingerprint density at radius 2 is 2.00 bits per heavy atom. The highest BCUT2D eigenvalue weighted by Gasteiger charge is 2.11. The Kier molecular flexibility index (Phi) is 5.65. The minimum absolute atomic E-state index is 0.0219. The van der Waals surface area contributed by atoms with E-state index in [1.807, 2.05) is 31.2 Å². The molecule has 1 aromatic rings. The van der Waals surface area contributed by atoms with Crippen LogP contribution in [0.15, 0.2) is 24.3 Å². The summed E-state index contributed by atoms with van der Waals surface area (Å²) in [6.07, 6.45) is 0. The summed E-state index contributed by atoms with van der Waals surface area (Å²) in [6, 6.07) is 7.62. The lowest BCUT2D eigenvalue weighted by Crippen LogP contribution is -2.39. The van der Waals surface area contributed by atoms with Crippen molar-refractivity contribution in [2.75, 3.05) is 6.61 Å². The van der Waals surface area contributed by atoms with Gasteiger partial charge in [-0.25, -0.2) is 0 Å². The van der Waals surface area contributed by atoms with Crippen LogP contribution in [-0.2, 0) is 11.3 Å². The average Bonchev–Trinajstić information content (AvgIpc) is 2.36. The third-order valence-corrected chi connectivity index (χ3v) is 2.94. The van der Waals surface area contributed by atoms with E-state index in [0.29, 0.717) is 18.2 Å². The maximum atomic E-state index is 11.7. The monoisotopic (exact) mass is 250 g/mol. The van der Waals surface area contributed by atoms with E-state index in [-0.39, 0.29) is 18.6 Å². The van der Waals surface area contributed by atoms with Crippen molar-refractivity contribution in [3.05, 3.63) is 29.8 Å². The summed E-state index contributed by atoms with van der Waals surface area (Å²) in [5, 5.41) is 2.89. The molecular formula is C14H22N2O2. The number of hydrogen-bond acceptors (Lipinski definition) is 3. The molecule has 0 radical (unpaired) electrons. The largest absolute Gasteiger partial charge is 0.483 e. The Morgan fingerprint density at radius 3 is 2.61 bits per heavy atom. The van der Waals surface area contributed by atoms with Gasteiger partial charge in [0.15, 0.2) is 6.61 Å². The molecule has 3 N–H and O–H groups in total. The number of carbonyl (C=O) groups excluding carboxylic acids is 1. The molecule has 0 saturated heterocycles. The van der Waals surface area contributed by atoms with Gasteiger partial charge in [0.05, 0.1) is 0 Å². The van der Waals surface area contributed by atoms with Gasteiger partial charge >= 0.3 is 0 Å². The van der Waals surface area contributed by atoms with Gasteiger partial charge in [-0.05, 0) is 18.9 Å². The van der Waals surface area contributed by atoms with Crippen molar-refractivity contribution in [2.45, 2.75) is 33.4 Å². The molecule has 0 aliphatic rings. The van der Waals surface area contributed by atoms with Gasteiger partial charge in [0.25, 0.3) is 5.91 Å². The zero-order valence-electron chi connectivity index (χ0n) is 11.3. The smallest absolute Gasteiger partial charge is 0.258 e. The lowest BCUT2D eigenvalue weighted by molar-refractivity contribution is -0.124. The third kappa shape index (κ3) is 4.37. The number of nitrogens with two attached hydrogens (primary N) is 1. The van der Waals surface area contributed by atoms with Gasteiger partial charge in [-0.2, -0.15) is 0 Å². The number of hydrogen-bond donors (Lipinski definition) is 2. The van der Waals surface area contributed by atoms with E-state index < -0.39 is 0 Å². The molecule has 0 spiro atoms. The fourth-order valence-electron chi connectivity index (χ4n) is 1.42. The van der Waals surface area contributed by atoms with Crippen molar-refractivity contribution in [2.24, 2.45) is 11.7 Å². The molecule has 4 nitrogen and oxygen atoms in total. The molecule has 4 heteroatoms. The van der Waals surface area contributed by atoms with E-state index in [2.05, 4.69) is 19.2 Å². The Balaban J connectivity index is 2.47. The maximum Gasteiger partial charge on any atom is 0.258 e. The molecule has 18 heavy (non-hydrogen) atoms. The Bertz CT molecular complexity index is 391. The normalized spacial score (nSPS) is 12.3. The number of amides is 1. The molecule has 0 aromatic heterocycles. The van der Waals surface area contributed by atoms with E-state index in [1.165, 1.54) is 0 Å². The van der Waals surface area contributed by atoms with Gasteiger partial charge in [0, 0.05) is 18.2 Å². The molecule has 1 atom stereocenters. The second-order valence-electron chi connectivity index (χ2n) is 4.70.